The summed E-state index contributed by atoms with van der Waals surface area (Å²) in [6.45, 7) is 0. The second-order valence-electron chi connectivity index (χ2n) is 4.44. The molecule has 18 heavy (non-hydrogen) atoms. The normalized spacial score (nSPS) is 15.1. The van der Waals surface area contributed by atoms with Crippen molar-refractivity contribution in [1.29, 1.82) is 0 Å². The number of carbonyl (C=O) groups excluding carboxylic acids is 1. The van der Waals surface area contributed by atoms with Gasteiger partial charge >= 0.3 is 0 Å². The van der Waals surface area contributed by atoms with Crippen LogP contribution in [0.5, 0.6) is 0 Å². The van der Waals surface area contributed by atoms with Crippen molar-refractivity contribution in [3.8, 4) is 0 Å². The first-order chi connectivity index (χ1) is 8.77. The molecule has 0 spiro atoms. The fraction of sp³-hybridized carbons (Fsp3) is 0.357. The summed E-state index contributed by atoms with van der Waals surface area (Å²) in [5, 5.41) is 0. The molecular formula is C14H17BrN2O. The lowest BCUT2D eigenvalue weighted by Crippen LogP contribution is -2.34. The summed E-state index contributed by atoms with van der Waals surface area (Å²) in [4.78, 5) is 11.9. The van der Waals surface area contributed by atoms with Crippen molar-refractivity contribution in [1.82, 2.24) is 10.9 Å². The third-order valence-electron chi connectivity index (χ3n) is 3.08. The summed E-state index contributed by atoms with van der Waals surface area (Å²) in [7, 11) is 0. The van der Waals surface area contributed by atoms with E-state index in [1.54, 1.807) is 6.07 Å². The highest BCUT2D eigenvalue weighted by Crippen LogP contribution is 2.21. The number of benzene rings is 1. The predicted octanol–water partition coefficient (Wildman–Crippen LogP) is 3.53. The Morgan fingerprint density at radius 3 is 2.61 bits per heavy atom. The molecule has 3 nitrogen and oxygen atoms in total. The van der Waals surface area contributed by atoms with Gasteiger partial charge in [0.25, 0.3) is 5.91 Å². The second kappa shape index (κ2) is 6.59. The minimum absolute atomic E-state index is 0.130. The first kappa shape index (κ1) is 13.1. The van der Waals surface area contributed by atoms with Crippen molar-refractivity contribution in [2.24, 2.45) is 0 Å². The molecule has 0 aliphatic heterocycles. The molecule has 1 aromatic rings. The molecule has 1 fully saturated rings. The summed E-state index contributed by atoms with van der Waals surface area (Å²) in [5.74, 6) is -0.130. The van der Waals surface area contributed by atoms with Crippen LogP contribution in [0.4, 0.5) is 0 Å². The molecule has 1 amide bonds. The van der Waals surface area contributed by atoms with E-state index in [2.05, 4.69) is 26.8 Å². The van der Waals surface area contributed by atoms with Crippen LogP contribution in [-0.4, -0.2) is 5.91 Å². The minimum Gasteiger partial charge on any atom is -0.306 e. The van der Waals surface area contributed by atoms with E-state index in [4.69, 9.17) is 0 Å². The zero-order chi connectivity index (χ0) is 12.8. The van der Waals surface area contributed by atoms with Crippen molar-refractivity contribution >= 4 is 21.8 Å². The van der Waals surface area contributed by atoms with Crippen LogP contribution in [-0.2, 0) is 0 Å². The van der Waals surface area contributed by atoms with Gasteiger partial charge in [-0.05, 0) is 53.7 Å². The van der Waals surface area contributed by atoms with Crippen molar-refractivity contribution in [2.75, 3.05) is 0 Å². The van der Waals surface area contributed by atoms with Gasteiger partial charge in [0.1, 0.15) is 0 Å². The lowest BCUT2D eigenvalue weighted by molar-refractivity contribution is 0.0940. The van der Waals surface area contributed by atoms with Crippen molar-refractivity contribution in [2.45, 2.75) is 32.1 Å². The predicted molar refractivity (Wildman–Crippen MR) is 75.9 cm³/mol. The molecule has 0 heterocycles. The van der Waals surface area contributed by atoms with E-state index < -0.39 is 0 Å². The third kappa shape index (κ3) is 3.60. The van der Waals surface area contributed by atoms with E-state index in [9.17, 15) is 4.79 Å². The van der Waals surface area contributed by atoms with Gasteiger partial charge in [0.15, 0.2) is 0 Å². The summed E-state index contributed by atoms with van der Waals surface area (Å²) in [5.41, 5.74) is 7.60. The molecule has 1 aliphatic rings. The molecule has 1 saturated carbocycles. The number of hydrogen-bond acceptors (Lipinski definition) is 2. The van der Waals surface area contributed by atoms with E-state index in [0.29, 0.717) is 5.56 Å². The monoisotopic (exact) mass is 308 g/mol. The first-order valence-corrected chi connectivity index (χ1v) is 7.05. The Kier molecular flexibility index (Phi) is 4.81. The summed E-state index contributed by atoms with van der Waals surface area (Å²) in [6.07, 6.45) is 8.03. The van der Waals surface area contributed by atoms with Crippen LogP contribution in [0.15, 0.2) is 40.5 Å². The minimum atomic E-state index is -0.130. The van der Waals surface area contributed by atoms with Crippen LogP contribution >= 0.6 is 15.9 Å². The van der Waals surface area contributed by atoms with E-state index in [1.807, 2.05) is 24.4 Å². The Hall–Kier alpha value is -1.29. The lowest BCUT2D eigenvalue weighted by Gasteiger charge is -2.14. The van der Waals surface area contributed by atoms with E-state index in [0.717, 1.165) is 17.3 Å². The topological polar surface area (TPSA) is 41.1 Å². The number of hydrogen-bond donors (Lipinski definition) is 2. The molecule has 0 radical (unpaired) electrons. The van der Waals surface area contributed by atoms with Crippen LogP contribution < -0.4 is 10.9 Å². The van der Waals surface area contributed by atoms with Gasteiger partial charge < -0.3 is 5.43 Å². The summed E-state index contributed by atoms with van der Waals surface area (Å²) >= 11 is 3.36. The van der Waals surface area contributed by atoms with Crippen LogP contribution in [0.3, 0.4) is 0 Å². The van der Waals surface area contributed by atoms with E-state index in [1.165, 1.54) is 24.8 Å². The van der Waals surface area contributed by atoms with Crippen molar-refractivity contribution < 1.29 is 4.79 Å². The Morgan fingerprint density at radius 1 is 1.17 bits per heavy atom. The van der Waals surface area contributed by atoms with Gasteiger partial charge in [0.2, 0.25) is 0 Å². The third-order valence-corrected chi connectivity index (χ3v) is 3.77. The SMILES string of the molecule is O=C(NNC=C1CCCCC1)c1ccccc1Br. The molecule has 0 saturated heterocycles. The smallest absolute Gasteiger partial charge is 0.270 e. The number of carbonyl (C=O) groups is 1. The molecule has 0 bridgehead atoms. The van der Waals surface area contributed by atoms with Crippen LogP contribution in [0, 0.1) is 0 Å². The number of amides is 1. The van der Waals surface area contributed by atoms with Gasteiger partial charge in [-0.1, -0.05) is 24.1 Å². The largest absolute Gasteiger partial charge is 0.306 e. The summed E-state index contributed by atoms with van der Waals surface area (Å²) < 4.78 is 0.801. The highest BCUT2D eigenvalue weighted by atomic mass is 79.9. The van der Waals surface area contributed by atoms with Crippen LogP contribution in [0.25, 0.3) is 0 Å². The van der Waals surface area contributed by atoms with Crippen molar-refractivity contribution in [3.63, 3.8) is 0 Å². The molecular weight excluding hydrogens is 292 g/mol. The second-order valence-corrected chi connectivity index (χ2v) is 5.30. The maximum atomic E-state index is 11.9. The van der Waals surface area contributed by atoms with Gasteiger partial charge in [-0.25, -0.2) is 0 Å². The zero-order valence-corrected chi connectivity index (χ0v) is 11.8. The maximum absolute atomic E-state index is 11.9. The molecule has 1 aliphatic carbocycles. The molecule has 2 rings (SSSR count). The quantitative estimate of drug-likeness (QED) is 0.839. The van der Waals surface area contributed by atoms with Gasteiger partial charge in [-0.2, -0.15) is 0 Å². The zero-order valence-electron chi connectivity index (χ0n) is 10.2. The highest BCUT2D eigenvalue weighted by molar-refractivity contribution is 9.10. The van der Waals surface area contributed by atoms with E-state index >= 15 is 0 Å². The molecule has 0 aromatic heterocycles. The lowest BCUT2D eigenvalue weighted by atomic mass is 9.96. The van der Waals surface area contributed by atoms with Gasteiger partial charge in [0, 0.05) is 10.7 Å². The number of allylic oxidation sites excluding steroid dienone is 1. The summed E-state index contributed by atoms with van der Waals surface area (Å²) in [6, 6.07) is 7.38. The number of nitrogens with one attached hydrogen (secondary N) is 2. The molecule has 0 unspecified atom stereocenters. The highest BCUT2D eigenvalue weighted by Gasteiger charge is 2.08. The first-order valence-electron chi connectivity index (χ1n) is 6.25. The number of rotatable bonds is 3. The standard InChI is InChI=1S/C14H17BrN2O/c15-13-9-5-4-8-12(13)14(18)17-16-10-11-6-2-1-3-7-11/h4-5,8-10,16H,1-3,6-7H2,(H,17,18). The number of hydrazine groups is 1. The average Bonchev–Trinajstić information content (AvgIpc) is 2.40. The Morgan fingerprint density at radius 2 is 1.89 bits per heavy atom. The van der Waals surface area contributed by atoms with Crippen LogP contribution in [0.2, 0.25) is 0 Å². The number of halogens is 1. The molecule has 0 atom stereocenters. The van der Waals surface area contributed by atoms with Crippen molar-refractivity contribution in [3.05, 3.63) is 46.1 Å². The average molecular weight is 309 g/mol. The maximum Gasteiger partial charge on any atom is 0.270 e. The Balaban J connectivity index is 1.87. The Bertz CT molecular complexity index is 449. The van der Waals surface area contributed by atoms with Gasteiger partial charge in [0.05, 0.1) is 5.56 Å². The molecule has 2 N–H and O–H groups in total. The molecule has 4 heteroatoms. The fourth-order valence-electron chi connectivity index (χ4n) is 2.07. The van der Waals surface area contributed by atoms with E-state index in [-0.39, 0.29) is 5.91 Å². The van der Waals surface area contributed by atoms with Gasteiger partial charge in [-0.15, -0.1) is 0 Å². The Labute approximate surface area is 116 Å². The van der Waals surface area contributed by atoms with Gasteiger partial charge in [-0.3, -0.25) is 10.2 Å². The van der Waals surface area contributed by atoms with Crippen LogP contribution in [0.1, 0.15) is 42.5 Å². The molecule has 96 valence electrons. The molecule has 1 aromatic carbocycles. The fourth-order valence-corrected chi connectivity index (χ4v) is 2.53.